The molecule has 13 heavy (non-hydrogen) atoms. The number of rotatable bonds is 4. The molecule has 74 valence electrons. The van der Waals surface area contributed by atoms with Crippen molar-refractivity contribution in [3.63, 3.8) is 0 Å². The van der Waals surface area contributed by atoms with Crippen molar-refractivity contribution in [2.45, 2.75) is 13.3 Å². The molecule has 0 bridgehead atoms. The van der Waals surface area contributed by atoms with Crippen LogP contribution in [0.2, 0.25) is 0 Å². The first kappa shape index (κ1) is 11.7. The van der Waals surface area contributed by atoms with Gasteiger partial charge < -0.3 is 9.47 Å². The van der Waals surface area contributed by atoms with Crippen LogP contribution in [-0.2, 0) is 19.1 Å². The Balaban J connectivity index is 4.35. The first-order valence-electron chi connectivity index (χ1n) is 3.94. The second-order valence-corrected chi connectivity index (χ2v) is 2.40. The highest BCUT2D eigenvalue weighted by Gasteiger charge is 2.26. The summed E-state index contributed by atoms with van der Waals surface area (Å²) in [7, 11) is 2.49. The molecule has 0 amide bonds. The van der Waals surface area contributed by atoms with Gasteiger partial charge >= 0.3 is 11.9 Å². The first-order valence-corrected chi connectivity index (χ1v) is 3.94. The smallest absolute Gasteiger partial charge is 0.320 e. The van der Waals surface area contributed by atoms with E-state index in [0.717, 1.165) is 0 Å². The third kappa shape index (κ3) is 3.73. The zero-order valence-corrected chi connectivity index (χ0v) is 8.07. The van der Waals surface area contributed by atoms with Gasteiger partial charge in [-0.05, 0) is 13.3 Å². The van der Waals surface area contributed by atoms with Gasteiger partial charge in [0.2, 0.25) is 0 Å². The number of ether oxygens (including phenoxy) is 2. The van der Waals surface area contributed by atoms with Crippen molar-refractivity contribution in [3.8, 4) is 0 Å². The highest BCUT2D eigenvalue weighted by Crippen LogP contribution is 2.08. The molecule has 0 aliphatic heterocycles. The van der Waals surface area contributed by atoms with Crippen molar-refractivity contribution >= 4 is 11.9 Å². The third-order valence-electron chi connectivity index (χ3n) is 1.58. The van der Waals surface area contributed by atoms with Crippen LogP contribution in [0.15, 0.2) is 12.2 Å². The van der Waals surface area contributed by atoms with E-state index in [2.05, 4.69) is 9.47 Å². The molecule has 0 heterocycles. The Hall–Kier alpha value is -1.32. The summed E-state index contributed by atoms with van der Waals surface area (Å²) < 4.78 is 8.92. The summed E-state index contributed by atoms with van der Waals surface area (Å²) in [4.78, 5) is 22.1. The van der Waals surface area contributed by atoms with Crippen molar-refractivity contribution in [3.05, 3.63) is 12.2 Å². The Morgan fingerprint density at radius 2 is 1.69 bits per heavy atom. The lowest BCUT2D eigenvalue weighted by atomic mass is 10.1. The van der Waals surface area contributed by atoms with Crippen LogP contribution in [0, 0.1) is 5.92 Å². The van der Waals surface area contributed by atoms with Gasteiger partial charge in [0.15, 0.2) is 5.92 Å². The topological polar surface area (TPSA) is 52.6 Å². The number of allylic oxidation sites excluding steroid dienone is 2. The van der Waals surface area contributed by atoms with E-state index in [1.165, 1.54) is 14.2 Å². The Labute approximate surface area is 77.5 Å². The van der Waals surface area contributed by atoms with Crippen molar-refractivity contribution in [2.75, 3.05) is 14.2 Å². The summed E-state index contributed by atoms with van der Waals surface area (Å²) in [6, 6.07) is 0. The molecule has 4 nitrogen and oxygen atoms in total. The molecule has 4 heteroatoms. The van der Waals surface area contributed by atoms with Gasteiger partial charge in [0.25, 0.3) is 0 Å². The van der Waals surface area contributed by atoms with Gasteiger partial charge in [0.05, 0.1) is 14.2 Å². The predicted octanol–water partition coefficient (Wildman–Crippen LogP) is 0.915. The van der Waals surface area contributed by atoms with Crippen LogP contribution < -0.4 is 0 Å². The second-order valence-electron chi connectivity index (χ2n) is 2.40. The fraction of sp³-hybridized carbons (Fsp3) is 0.556. The molecule has 0 spiro atoms. The molecule has 0 aliphatic carbocycles. The Morgan fingerprint density at radius 3 is 2.00 bits per heavy atom. The summed E-state index contributed by atoms with van der Waals surface area (Å²) >= 11 is 0. The Bertz CT molecular complexity index is 192. The summed E-state index contributed by atoms with van der Waals surface area (Å²) in [5.41, 5.74) is 0. The van der Waals surface area contributed by atoms with E-state index < -0.39 is 17.9 Å². The maximum Gasteiger partial charge on any atom is 0.320 e. The first-order chi connectivity index (χ1) is 6.17. The molecule has 0 N–H and O–H groups in total. The molecule has 0 aliphatic rings. The van der Waals surface area contributed by atoms with Crippen LogP contribution in [0.25, 0.3) is 0 Å². The lowest BCUT2D eigenvalue weighted by molar-refractivity contribution is -0.158. The van der Waals surface area contributed by atoms with E-state index in [4.69, 9.17) is 0 Å². The van der Waals surface area contributed by atoms with Gasteiger partial charge in [0, 0.05) is 0 Å². The van der Waals surface area contributed by atoms with Crippen molar-refractivity contribution in [2.24, 2.45) is 5.92 Å². The summed E-state index contributed by atoms with van der Waals surface area (Å²) in [6.45, 7) is 1.81. The number of esters is 2. The fourth-order valence-electron chi connectivity index (χ4n) is 0.845. The van der Waals surface area contributed by atoms with Gasteiger partial charge in [-0.2, -0.15) is 0 Å². The monoisotopic (exact) mass is 186 g/mol. The average molecular weight is 186 g/mol. The van der Waals surface area contributed by atoms with E-state index in [9.17, 15) is 9.59 Å². The van der Waals surface area contributed by atoms with Gasteiger partial charge in [-0.15, -0.1) is 0 Å². The maximum atomic E-state index is 11.1. The van der Waals surface area contributed by atoms with Crippen molar-refractivity contribution < 1.29 is 19.1 Å². The van der Waals surface area contributed by atoms with Gasteiger partial charge in [-0.25, -0.2) is 0 Å². The predicted molar refractivity (Wildman–Crippen MR) is 47.0 cm³/mol. The standard InChI is InChI=1S/C9H14O4/c1-4-5-6-7(8(10)12-2)9(11)13-3/h4-5,7H,6H2,1-3H3. The molecule has 0 fully saturated rings. The van der Waals surface area contributed by atoms with Gasteiger partial charge in [-0.1, -0.05) is 12.2 Å². The Morgan fingerprint density at radius 1 is 1.23 bits per heavy atom. The van der Waals surface area contributed by atoms with Crippen LogP contribution in [0.5, 0.6) is 0 Å². The van der Waals surface area contributed by atoms with Crippen molar-refractivity contribution in [1.82, 2.24) is 0 Å². The molecule has 0 aromatic carbocycles. The third-order valence-corrected chi connectivity index (χ3v) is 1.58. The van der Waals surface area contributed by atoms with E-state index in [-0.39, 0.29) is 0 Å². The number of methoxy groups -OCH3 is 2. The Kier molecular flexibility index (Phi) is 5.59. The second kappa shape index (κ2) is 6.22. The molecular formula is C9H14O4. The average Bonchev–Trinajstić information content (AvgIpc) is 2.17. The quantitative estimate of drug-likeness (QED) is 0.372. The minimum absolute atomic E-state index is 0.315. The highest BCUT2D eigenvalue weighted by atomic mass is 16.5. The molecule has 0 saturated carbocycles. The van der Waals surface area contributed by atoms with E-state index in [1.54, 1.807) is 12.2 Å². The number of carbonyl (C=O) groups excluding carboxylic acids is 2. The molecule has 0 unspecified atom stereocenters. The number of hydrogen-bond donors (Lipinski definition) is 0. The molecular weight excluding hydrogens is 172 g/mol. The summed E-state index contributed by atoms with van der Waals surface area (Å²) in [5.74, 6) is -1.97. The molecule has 0 aromatic heterocycles. The lowest BCUT2D eigenvalue weighted by Gasteiger charge is -2.09. The van der Waals surface area contributed by atoms with E-state index in [1.807, 2.05) is 6.92 Å². The number of carbonyl (C=O) groups is 2. The van der Waals surface area contributed by atoms with Gasteiger partial charge in [0.1, 0.15) is 0 Å². The molecule has 0 rings (SSSR count). The summed E-state index contributed by atoms with van der Waals surface area (Å²) in [6.07, 6.45) is 3.80. The van der Waals surface area contributed by atoms with Crippen LogP contribution in [0.3, 0.4) is 0 Å². The lowest BCUT2D eigenvalue weighted by Crippen LogP contribution is -2.25. The molecule has 0 saturated heterocycles. The largest absolute Gasteiger partial charge is 0.468 e. The fourth-order valence-corrected chi connectivity index (χ4v) is 0.845. The van der Waals surface area contributed by atoms with Crippen LogP contribution in [0.1, 0.15) is 13.3 Å². The minimum Gasteiger partial charge on any atom is -0.468 e. The SMILES string of the molecule is CC=CCC(C(=O)OC)C(=O)OC. The number of hydrogen-bond acceptors (Lipinski definition) is 4. The van der Waals surface area contributed by atoms with E-state index in [0.29, 0.717) is 6.42 Å². The van der Waals surface area contributed by atoms with Gasteiger partial charge in [-0.3, -0.25) is 9.59 Å². The normalized spacial score (nSPS) is 10.5. The van der Waals surface area contributed by atoms with E-state index >= 15 is 0 Å². The minimum atomic E-state index is -0.841. The van der Waals surface area contributed by atoms with Crippen LogP contribution in [-0.4, -0.2) is 26.2 Å². The van der Waals surface area contributed by atoms with Crippen molar-refractivity contribution in [1.29, 1.82) is 0 Å². The zero-order valence-electron chi connectivity index (χ0n) is 8.07. The highest BCUT2D eigenvalue weighted by molar-refractivity contribution is 5.94. The molecule has 0 radical (unpaired) electrons. The van der Waals surface area contributed by atoms with Crippen LogP contribution >= 0.6 is 0 Å². The molecule has 0 atom stereocenters. The maximum absolute atomic E-state index is 11.1. The molecule has 0 aromatic rings. The summed E-state index contributed by atoms with van der Waals surface area (Å²) in [5, 5.41) is 0. The zero-order chi connectivity index (χ0) is 10.3. The van der Waals surface area contributed by atoms with Crippen LogP contribution in [0.4, 0.5) is 0 Å².